The molecule has 0 saturated heterocycles. The van der Waals surface area contributed by atoms with E-state index in [1.165, 1.54) is 36.7 Å². The zero-order chi connectivity index (χ0) is 16.5. The van der Waals surface area contributed by atoms with Gasteiger partial charge in [-0.15, -0.1) is 0 Å². The van der Waals surface area contributed by atoms with E-state index in [1.54, 1.807) is 6.07 Å². The van der Waals surface area contributed by atoms with E-state index < -0.39 is 10.0 Å². The monoisotopic (exact) mass is 324 g/mol. The predicted molar refractivity (Wildman–Crippen MR) is 83.2 cm³/mol. The molecule has 0 fully saturated rings. The fourth-order valence-corrected chi connectivity index (χ4v) is 3.82. The molecule has 7 heteroatoms. The molecule has 2 rings (SSSR count). The Kier molecular flexibility index (Phi) is 4.46. The molecular weight excluding hydrogens is 304 g/mol. The molecule has 0 aliphatic heterocycles. The van der Waals surface area contributed by atoms with Crippen LogP contribution in [0.4, 0.5) is 0 Å². The molecule has 0 radical (unpaired) electrons. The van der Waals surface area contributed by atoms with Crippen LogP contribution in [0.1, 0.15) is 31.2 Å². The van der Waals surface area contributed by atoms with E-state index in [-0.39, 0.29) is 16.6 Å². The van der Waals surface area contributed by atoms with Crippen LogP contribution < -0.4 is 9.47 Å². The van der Waals surface area contributed by atoms with Crippen molar-refractivity contribution in [2.75, 3.05) is 14.2 Å². The van der Waals surface area contributed by atoms with Crippen molar-refractivity contribution >= 4 is 10.0 Å². The Hall–Kier alpha value is -2.02. The molecule has 0 aliphatic carbocycles. The summed E-state index contributed by atoms with van der Waals surface area (Å²) in [7, 11) is -0.870. The van der Waals surface area contributed by atoms with Gasteiger partial charge in [0.1, 0.15) is 22.2 Å². The summed E-state index contributed by atoms with van der Waals surface area (Å²) in [6.07, 6.45) is 2.92. The van der Waals surface area contributed by atoms with Crippen LogP contribution in [0.25, 0.3) is 0 Å². The number of benzene rings is 1. The van der Waals surface area contributed by atoms with Crippen molar-refractivity contribution in [3.63, 3.8) is 0 Å². The number of imidazole rings is 1. The maximum absolute atomic E-state index is 13.0. The van der Waals surface area contributed by atoms with Gasteiger partial charge in [-0.3, -0.25) is 0 Å². The van der Waals surface area contributed by atoms with Gasteiger partial charge in [-0.1, -0.05) is 13.8 Å². The van der Waals surface area contributed by atoms with Crippen LogP contribution in [-0.2, 0) is 10.0 Å². The number of hydrogen-bond donors (Lipinski definition) is 0. The van der Waals surface area contributed by atoms with Gasteiger partial charge in [0.25, 0.3) is 10.0 Å². The Bertz CT molecular complexity index is 779. The molecule has 0 aliphatic rings. The van der Waals surface area contributed by atoms with Gasteiger partial charge < -0.3 is 9.47 Å². The van der Waals surface area contributed by atoms with Crippen LogP contribution in [0, 0.1) is 6.92 Å². The first kappa shape index (κ1) is 16.4. The zero-order valence-electron chi connectivity index (χ0n) is 13.3. The van der Waals surface area contributed by atoms with Crippen molar-refractivity contribution in [2.24, 2.45) is 0 Å². The van der Waals surface area contributed by atoms with Gasteiger partial charge in [-0.05, 0) is 18.6 Å². The summed E-state index contributed by atoms with van der Waals surface area (Å²) in [5.74, 6) is 1.22. The SMILES string of the molecule is COc1cc(S(=O)(=O)n2ccnc2C(C)C)c(OC)cc1C. The minimum atomic E-state index is -3.81. The molecule has 2 aromatic rings. The van der Waals surface area contributed by atoms with Crippen LogP contribution in [-0.4, -0.2) is 31.6 Å². The van der Waals surface area contributed by atoms with Gasteiger partial charge in [0.05, 0.1) is 14.2 Å². The lowest BCUT2D eigenvalue weighted by molar-refractivity contribution is 0.390. The molecule has 0 amide bonds. The van der Waals surface area contributed by atoms with E-state index >= 15 is 0 Å². The van der Waals surface area contributed by atoms with Crippen molar-refractivity contribution in [3.8, 4) is 11.5 Å². The summed E-state index contributed by atoms with van der Waals surface area (Å²) >= 11 is 0. The summed E-state index contributed by atoms with van der Waals surface area (Å²) < 4.78 is 37.6. The Morgan fingerprint density at radius 2 is 1.77 bits per heavy atom. The molecule has 0 bridgehead atoms. The first-order valence-corrected chi connectivity index (χ1v) is 8.28. The van der Waals surface area contributed by atoms with E-state index in [0.717, 1.165) is 5.56 Å². The predicted octanol–water partition coefficient (Wildman–Crippen LogP) is 2.57. The van der Waals surface area contributed by atoms with E-state index in [2.05, 4.69) is 4.98 Å². The van der Waals surface area contributed by atoms with Gasteiger partial charge >= 0.3 is 0 Å². The zero-order valence-corrected chi connectivity index (χ0v) is 14.1. The molecule has 1 aromatic heterocycles. The van der Waals surface area contributed by atoms with Crippen LogP contribution in [0.2, 0.25) is 0 Å². The topological polar surface area (TPSA) is 70.4 Å². The quantitative estimate of drug-likeness (QED) is 0.845. The second-order valence-corrected chi connectivity index (χ2v) is 7.00. The molecule has 22 heavy (non-hydrogen) atoms. The van der Waals surface area contributed by atoms with Crippen molar-refractivity contribution in [1.29, 1.82) is 0 Å². The summed E-state index contributed by atoms with van der Waals surface area (Å²) in [6, 6.07) is 3.13. The third-order valence-electron chi connectivity index (χ3n) is 3.37. The normalized spacial score (nSPS) is 11.7. The molecule has 0 atom stereocenters. The van der Waals surface area contributed by atoms with Crippen LogP contribution in [0.5, 0.6) is 11.5 Å². The Balaban J connectivity index is 2.70. The summed E-state index contributed by atoms with van der Waals surface area (Å²) in [4.78, 5) is 4.19. The van der Waals surface area contributed by atoms with E-state index in [4.69, 9.17) is 9.47 Å². The highest BCUT2D eigenvalue weighted by Gasteiger charge is 2.26. The molecule has 6 nitrogen and oxygen atoms in total. The maximum atomic E-state index is 13.0. The fraction of sp³-hybridized carbons (Fsp3) is 0.400. The third-order valence-corrected chi connectivity index (χ3v) is 5.07. The molecule has 1 heterocycles. The average molecular weight is 324 g/mol. The number of rotatable bonds is 5. The number of hydrogen-bond acceptors (Lipinski definition) is 5. The molecule has 0 saturated carbocycles. The van der Waals surface area contributed by atoms with Crippen LogP contribution in [0.15, 0.2) is 29.4 Å². The molecule has 1 aromatic carbocycles. The first-order chi connectivity index (χ1) is 10.3. The number of ether oxygens (including phenoxy) is 2. The highest BCUT2D eigenvalue weighted by molar-refractivity contribution is 7.90. The van der Waals surface area contributed by atoms with Crippen LogP contribution in [0.3, 0.4) is 0 Å². The maximum Gasteiger partial charge on any atom is 0.272 e. The van der Waals surface area contributed by atoms with Crippen molar-refractivity contribution in [2.45, 2.75) is 31.6 Å². The van der Waals surface area contributed by atoms with Crippen molar-refractivity contribution < 1.29 is 17.9 Å². The minimum absolute atomic E-state index is 0.0249. The number of methoxy groups -OCH3 is 2. The van der Waals surface area contributed by atoms with E-state index in [0.29, 0.717) is 11.6 Å². The Labute approximate surface area is 130 Å². The lowest BCUT2D eigenvalue weighted by Gasteiger charge is -2.16. The number of aromatic nitrogens is 2. The molecular formula is C15H20N2O4S. The van der Waals surface area contributed by atoms with Crippen LogP contribution >= 0.6 is 0 Å². The minimum Gasteiger partial charge on any atom is -0.496 e. The Morgan fingerprint density at radius 3 is 2.32 bits per heavy atom. The van der Waals surface area contributed by atoms with Gasteiger partial charge in [0, 0.05) is 24.4 Å². The highest BCUT2D eigenvalue weighted by Crippen LogP contribution is 2.33. The Morgan fingerprint density at radius 1 is 1.14 bits per heavy atom. The van der Waals surface area contributed by atoms with Crippen molar-refractivity contribution in [3.05, 3.63) is 35.9 Å². The van der Waals surface area contributed by atoms with Gasteiger partial charge in [-0.2, -0.15) is 0 Å². The lowest BCUT2D eigenvalue weighted by Crippen LogP contribution is -2.17. The largest absolute Gasteiger partial charge is 0.496 e. The number of nitrogens with zero attached hydrogens (tertiary/aromatic N) is 2. The van der Waals surface area contributed by atoms with E-state index in [9.17, 15) is 8.42 Å². The third kappa shape index (κ3) is 2.68. The van der Waals surface area contributed by atoms with Gasteiger partial charge in [-0.25, -0.2) is 17.4 Å². The summed E-state index contributed by atoms with van der Waals surface area (Å²) in [5, 5.41) is 0. The first-order valence-electron chi connectivity index (χ1n) is 6.84. The van der Waals surface area contributed by atoms with E-state index in [1.807, 2.05) is 20.8 Å². The second kappa shape index (κ2) is 6.00. The molecule has 0 N–H and O–H groups in total. The molecule has 120 valence electrons. The smallest absolute Gasteiger partial charge is 0.272 e. The summed E-state index contributed by atoms with van der Waals surface area (Å²) in [6.45, 7) is 5.61. The standard InChI is InChI=1S/C15H20N2O4S/c1-10(2)15-16-6-7-17(15)22(18,19)14-9-12(20-4)11(3)8-13(14)21-5/h6-10H,1-5H3. The lowest BCUT2D eigenvalue weighted by atomic mass is 10.2. The average Bonchev–Trinajstić information content (AvgIpc) is 2.97. The van der Waals surface area contributed by atoms with Gasteiger partial charge in [0.2, 0.25) is 0 Å². The number of aryl methyl sites for hydroxylation is 1. The highest BCUT2D eigenvalue weighted by atomic mass is 32.2. The summed E-state index contributed by atoms with van der Waals surface area (Å²) in [5.41, 5.74) is 0.799. The second-order valence-electron chi connectivity index (χ2n) is 5.21. The van der Waals surface area contributed by atoms with Gasteiger partial charge in [0.15, 0.2) is 0 Å². The van der Waals surface area contributed by atoms with Crippen molar-refractivity contribution in [1.82, 2.24) is 8.96 Å². The molecule has 0 unspecified atom stereocenters. The molecule has 0 spiro atoms. The fourth-order valence-electron chi connectivity index (χ4n) is 2.24.